The lowest BCUT2D eigenvalue weighted by Crippen LogP contribution is -2.37. The van der Waals surface area contributed by atoms with Gasteiger partial charge in [0.2, 0.25) is 5.82 Å². The second-order valence-electron chi connectivity index (χ2n) is 6.47. The Morgan fingerprint density at radius 3 is 2.86 bits per heavy atom. The van der Waals surface area contributed by atoms with E-state index in [-0.39, 0.29) is 11.8 Å². The van der Waals surface area contributed by atoms with Crippen LogP contribution < -0.4 is 9.64 Å². The number of halogens is 2. The molecule has 1 aliphatic heterocycles. The molecule has 1 atom stereocenters. The molecular weight excluding hydrogens is 376 g/mol. The van der Waals surface area contributed by atoms with E-state index in [1.54, 1.807) is 30.6 Å². The molecule has 0 radical (unpaired) electrons. The van der Waals surface area contributed by atoms with E-state index in [1.807, 2.05) is 13.8 Å². The molecule has 2 aromatic rings. The van der Waals surface area contributed by atoms with Crippen LogP contribution in [0.1, 0.15) is 43.3 Å². The van der Waals surface area contributed by atoms with Gasteiger partial charge in [-0.2, -0.15) is 4.39 Å². The Hall–Kier alpha value is -3.16. The number of anilines is 1. The number of hydrogen-bond acceptors (Lipinski definition) is 5. The van der Waals surface area contributed by atoms with Crippen molar-refractivity contribution in [2.75, 3.05) is 18.6 Å². The summed E-state index contributed by atoms with van der Waals surface area (Å²) >= 11 is 0. The predicted molar refractivity (Wildman–Crippen MR) is 110 cm³/mol. The minimum Gasteiger partial charge on any atom is -0.494 e. The van der Waals surface area contributed by atoms with E-state index in [4.69, 9.17) is 4.74 Å². The smallest absolute Gasteiger partial charge is 0.200 e. The van der Waals surface area contributed by atoms with Crippen LogP contribution in [0.4, 0.5) is 14.6 Å². The molecule has 0 saturated carbocycles. The first-order chi connectivity index (χ1) is 14.0. The third-order valence-corrected chi connectivity index (χ3v) is 4.88. The standard InChI is InChI=1S/C21H23F2N5O/c1-5-9-25-20(24-3)21-26-10-7-17(27-21)28-11-8-13-14(15(28)6-2)12-16(29-4)19(23)18(13)22/h5,7,9-10,12,15H,3,6,8,11H2,1-2,4H3/b9-5-,25-20-. The van der Waals surface area contributed by atoms with Crippen LogP contribution in [0.15, 0.2) is 40.6 Å². The molecule has 0 bridgehead atoms. The Kier molecular flexibility index (Phi) is 6.31. The molecule has 0 fully saturated rings. The number of ether oxygens (including phenoxy) is 1. The van der Waals surface area contributed by atoms with Crippen molar-refractivity contribution in [2.24, 2.45) is 9.98 Å². The number of rotatable bonds is 5. The van der Waals surface area contributed by atoms with Crippen LogP contribution in [-0.4, -0.2) is 36.2 Å². The second kappa shape index (κ2) is 8.89. The Bertz CT molecular complexity index is 974. The van der Waals surface area contributed by atoms with Crippen molar-refractivity contribution in [1.29, 1.82) is 0 Å². The second-order valence-corrected chi connectivity index (χ2v) is 6.47. The Morgan fingerprint density at radius 1 is 1.41 bits per heavy atom. The number of aliphatic imine (C=N–C) groups is 2. The molecule has 152 valence electrons. The van der Waals surface area contributed by atoms with Crippen LogP contribution in [0.2, 0.25) is 0 Å². The lowest BCUT2D eigenvalue weighted by Gasteiger charge is -2.38. The number of allylic oxidation sites excluding steroid dienone is 1. The average molecular weight is 399 g/mol. The third-order valence-electron chi connectivity index (χ3n) is 4.88. The summed E-state index contributed by atoms with van der Waals surface area (Å²) in [6, 6.07) is 3.18. The number of fused-ring (bicyclic) bond motifs is 1. The third kappa shape index (κ3) is 3.87. The van der Waals surface area contributed by atoms with Crippen molar-refractivity contribution in [1.82, 2.24) is 9.97 Å². The molecule has 2 heterocycles. The Balaban J connectivity index is 2.04. The molecule has 1 aromatic heterocycles. The summed E-state index contributed by atoms with van der Waals surface area (Å²) in [5.74, 6) is -0.558. The maximum atomic E-state index is 14.6. The first kappa shape index (κ1) is 20.6. The lowest BCUT2D eigenvalue weighted by molar-refractivity contribution is 0.365. The highest BCUT2D eigenvalue weighted by atomic mass is 19.2. The molecule has 1 aliphatic rings. The molecule has 8 heteroatoms. The zero-order chi connectivity index (χ0) is 21.0. The van der Waals surface area contributed by atoms with Gasteiger partial charge in [-0.15, -0.1) is 0 Å². The summed E-state index contributed by atoms with van der Waals surface area (Å²) in [4.78, 5) is 19.0. The average Bonchev–Trinajstić information content (AvgIpc) is 2.76. The SMILES string of the molecule is C=N/C(=N\C=C/C)c1nccc(N2CCc3c(cc(OC)c(F)c3F)C2CC)n1. The van der Waals surface area contributed by atoms with E-state index in [9.17, 15) is 8.78 Å². The molecule has 1 aromatic carbocycles. The minimum absolute atomic E-state index is 0.0958. The summed E-state index contributed by atoms with van der Waals surface area (Å²) in [6.45, 7) is 7.86. The van der Waals surface area contributed by atoms with E-state index in [1.165, 1.54) is 7.11 Å². The van der Waals surface area contributed by atoms with Gasteiger partial charge in [0.15, 0.2) is 23.2 Å². The van der Waals surface area contributed by atoms with Crippen molar-refractivity contribution in [3.8, 4) is 5.75 Å². The van der Waals surface area contributed by atoms with Crippen LogP contribution in [0.3, 0.4) is 0 Å². The first-order valence-electron chi connectivity index (χ1n) is 9.36. The molecule has 3 rings (SSSR count). The Morgan fingerprint density at radius 2 is 2.21 bits per heavy atom. The highest BCUT2D eigenvalue weighted by Crippen LogP contribution is 2.39. The minimum atomic E-state index is -0.944. The molecule has 0 spiro atoms. The number of amidine groups is 1. The quantitative estimate of drug-likeness (QED) is 0.557. The fraction of sp³-hybridized carbons (Fsp3) is 0.333. The maximum absolute atomic E-state index is 14.6. The van der Waals surface area contributed by atoms with Crippen LogP contribution in [0, 0.1) is 11.6 Å². The summed E-state index contributed by atoms with van der Waals surface area (Å²) in [6.07, 6.45) is 6.03. The number of methoxy groups -OCH3 is 1. The highest BCUT2D eigenvalue weighted by molar-refractivity contribution is 5.98. The van der Waals surface area contributed by atoms with Crippen molar-refractivity contribution in [2.45, 2.75) is 32.7 Å². The van der Waals surface area contributed by atoms with Crippen molar-refractivity contribution < 1.29 is 13.5 Å². The molecule has 0 aliphatic carbocycles. The van der Waals surface area contributed by atoms with Gasteiger partial charge < -0.3 is 9.64 Å². The summed E-state index contributed by atoms with van der Waals surface area (Å²) < 4.78 is 33.7. The zero-order valence-corrected chi connectivity index (χ0v) is 16.7. The number of benzene rings is 1. The Labute approximate surface area is 168 Å². The molecule has 1 unspecified atom stereocenters. The first-order valence-corrected chi connectivity index (χ1v) is 9.36. The number of aromatic nitrogens is 2. The monoisotopic (exact) mass is 399 g/mol. The summed E-state index contributed by atoms with van der Waals surface area (Å²) in [5, 5.41) is 0. The topological polar surface area (TPSA) is 63.0 Å². The van der Waals surface area contributed by atoms with E-state index >= 15 is 0 Å². The molecule has 6 nitrogen and oxygen atoms in total. The van der Waals surface area contributed by atoms with Crippen LogP contribution >= 0.6 is 0 Å². The van der Waals surface area contributed by atoms with Gasteiger partial charge in [-0.1, -0.05) is 13.0 Å². The van der Waals surface area contributed by atoms with Gasteiger partial charge >= 0.3 is 0 Å². The van der Waals surface area contributed by atoms with Gasteiger partial charge in [-0.25, -0.2) is 24.3 Å². The fourth-order valence-electron chi connectivity index (χ4n) is 3.56. The molecule has 0 saturated heterocycles. The number of nitrogens with zero attached hydrogens (tertiary/aromatic N) is 5. The van der Waals surface area contributed by atoms with Crippen molar-refractivity contribution >= 4 is 18.4 Å². The highest BCUT2D eigenvalue weighted by Gasteiger charge is 2.32. The normalized spacial score (nSPS) is 16.8. The van der Waals surface area contributed by atoms with Gasteiger partial charge in [0.25, 0.3) is 0 Å². The molecule has 29 heavy (non-hydrogen) atoms. The van der Waals surface area contributed by atoms with Gasteiger partial charge in [-0.05, 0) is 49.7 Å². The lowest BCUT2D eigenvalue weighted by atomic mass is 9.90. The van der Waals surface area contributed by atoms with Crippen molar-refractivity contribution in [3.63, 3.8) is 0 Å². The zero-order valence-electron chi connectivity index (χ0n) is 16.7. The van der Waals surface area contributed by atoms with Crippen LogP contribution in [-0.2, 0) is 6.42 Å². The fourth-order valence-corrected chi connectivity index (χ4v) is 3.56. The van der Waals surface area contributed by atoms with Gasteiger partial charge in [0.05, 0.1) is 13.2 Å². The van der Waals surface area contributed by atoms with Crippen LogP contribution in [0.5, 0.6) is 5.75 Å². The largest absolute Gasteiger partial charge is 0.494 e. The van der Waals surface area contributed by atoms with Gasteiger partial charge in [0, 0.05) is 18.9 Å². The van der Waals surface area contributed by atoms with E-state index < -0.39 is 11.6 Å². The van der Waals surface area contributed by atoms with E-state index in [2.05, 4.69) is 31.6 Å². The van der Waals surface area contributed by atoms with Crippen molar-refractivity contribution in [3.05, 3.63) is 59.2 Å². The summed E-state index contributed by atoms with van der Waals surface area (Å²) in [5.41, 5.74) is 1.10. The summed E-state index contributed by atoms with van der Waals surface area (Å²) in [7, 11) is 1.33. The van der Waals surface area contributed by atoms with Crippen LogP contribution in [0.25, 0.3) is 0 Å². The predicted octanol–water partition coefficient (Wildman–Crippen LogP) is 4.26. The molecule has 0 amide bonds. The van der Waals surface area contributed by atoms with E-state index in [0.717, 1.165) is 0 Å². The van der Waals surface area contributed by atoms with Gasteiger partial charge in [0.1, 0.15) is 5.82 Å². The molecular formula is C21H23F2N5O. The number of hydrogen-bond donors (Lipinski definition) is 0. The van der Waals surface area contributed by atoms with E-state index in [0.29, 0.717) is 48.0 Å². The molecule has 0 N–H and O–H groups in total. The van der Waals surface area contributed by atoms with Gasteiger partial charge in [-0.3, -0.25) is 0 Å². The maximum Gasteiger partial charge on any atom is 0.200 e.